The van der Waals surface area contributed by atoms with Crippen LogP contribution in [0.4, 0.5) is 0 Å². The van der Waals surface area contributed by atoms with Gasteiger partial charge in [0.1, 0.15) is 0 Å². The summed E-state index contributed by atoms with van der Waals surface area (Å²) >= 11 is 0. The molecule has 0 aliphatic rings. The second kappa shape index (κ2) is 2.73. The Labute approximate surface area is 69.2 Å². The molecule has 2 heterocycles. The molecule has 4 heteroatoms. The van der Waals surface area contributed by atoms with Crippen LogP contribution < -0.4 is 4.74 Å². The highest BCUT2D eigenvalue weighted by molar-refractivity contribution is 5.47. The molecule has 0 bridgehead atoms. The summed E-state index contributed by atoms with van der Waals surface area (Å²) in [5.74, 6) is 2.01. The molecule has 1 N–H and O–H groups in total. The number of methoxy groups -OCH3 is 1. The van der Waals surface area contributed by atoms with E-state index in [4.69, 9.17) is 9.15 Å². The van der Waals surface area contributed by atoms with Crippen LogP contribution in [0.2, 0.25) is 0 Å². The lowest BCUT2D eigenvalue weighted by Gasteiger charge is -1.90. The number of imidazole rings is 1. The minimum absolute atomic E-state index is 0.626. The summed E-state index contributed by atoms with van der Waals surface area (Å²) in [7, 11) is 1.58. The quantitative estimate of drug-likeness (QED) is 0.734. The van der Waals surface area contributed by atoms with Crippen molar-refractivity contribution in [3.8, 4) is 17.5 Å². The fourth-order valence-electron chi connectivity index (χ4n) is 0.947. The topological polar surface area (TPSA) is 51.1 Å². The van der Waals surface area contributed by atoms with E-state index in [0.29, 0.717) is 17.5 Å². The van der Waals surface area contributed by atoms with Crippen LogP contribution in [0.25, 0.3) is 11.6 Å². The molecule has 0 amide bonds. The number of aromatic nitrogens is 2. The summed E-state index contributed by atoms with van der Waals surface area (Å²) in [6.07, 6.45) is 3.21. The largest absolute Gasteiger partial charge is 0.481 e. The van der Waals surface area contributed by atoms with Gasteiger partial charge in [-0.2, -0.15) is 0 Å². The standard InChI is InChI=1S/C8H8N2O2/c1-11-7-5-9-8(10-7)6-3-2-4-12-6/h2-5H,1H3,(H,9,10). The molecule has 2 rings (SSSR count). The predicted molar refractivity (Wildman–Crippen MR) is 42.8 cm³/mol. The van der Waals surface area contributed by atoms with Crippen LogP contribution in [-0.2, 0) is 0 Å². The van der Waals surface area contributed by atoms with Gasteiger partial charge in [-0.3, -0.25) is 0 Å². The van der Waals surface area contributed by atoms with Gasteiger partial charge >= 0.3 is 0 Å². The van der Waals surface area contributed by atoms with E-state index in [1.54, 1.807) is 19.6 Å². The Bertz CT molecular complexity index is 351. The molecule has 12 heavy (non-hydrogen) atoms. The van der Waals surface area contributed by atoms with E-state index < -0.39 is 0 Å². The van der Waals surface area contributed by atoms with Crippen LogP contribution in [0.15, 0.2) is 29.0 Å². The average Bonchev–Trinajstić information content (AvgIpc) is 2.75. The molecule has 62 valence electrons. The van der Waals surface area contributed by atoms with Crippen LogP contribution in [0.1, 0.15) is 0 Å². The van der Waals surface area contributed by atoms with Gasteiger partial charge in [0.15, 0.2) is 11.6 Å². The number of rotatable bonds is 2. The van der Waals surface area contributed by atoms with E-state index >= 15 is 0 Å². The molecule has 0 radical (unpaired) electrons. The molecule has 0 aliphatic carbocycles. The van der Waals surface area contributed by atoms with Crippen LogP contribution in [-0.4, -0.2) is 17.1 Å². The second-order valence-corrected chi connectivity index (χ2v) is 2.28. The molecule has 0 unspecified atom stereocenters. The van der Waals surface area contributed by atoms with Crippen LogP contribution >= 0.6 is 0 Å². The Kier molecular flexibility index (Phi) is 1.59. The van der Waals surface area contributed by atoms with Gasteiger partial charge in [-0.05, 0) is 12.1 Å². The third-order valence-corrected chi connectivity index (χ3v) is 1.53. The minimum atomic E-state index is 0.626. The van der Waals surface area contributed by atoms with Gasteiger partial charge in [0.25, 0.3) is 0 Å². The Balaban J connectivity index is 2.35. The summed E-state index contributed by atoms with van der Waals surface area (Å²) in [6, 6.07) is 3.64. The van der Waals surface area contributed by atoms with E-state index in [0.717, 1.165) is 0 Å². The summed E-state index contributed by atoms with van der Waals surface area (Å²) in [5.41, 5.74) is 0. The van der Waals surface area contributed by atoms with Gasteiger partial charge < -0.3 is 14.1 Å². The number of hydrogen-bond acceptors (Lipinski definition) is 3. The molecule has 4 nitrogen and oxygen atoms in total. The highest BCUT2D eigenvalue weighted by atomic mass is 16.5. The summed E-state index contributed by atoms with van der Waals surface area (Å²) in [4.78, 5) is 6.99. The average molecular weight is 164 g/mol. The smallest absolute Gasteiger partial charge is 0.211 e. The zero-order chi connectivity index (χ0) is 8.39. The van der Waals surface area contributed by atoms with Crippen molar-refractivity contribution in [2.45, 2.75) is 0 Å². The molecule has 0 aliphatic heterocycles. The maximum atomic E-state index is 5.13. The first-order valence-electron chi connectivity index (χ1n) is 3.53. The highest BCUT2D eigenvalue weighted by Gasteiger charge is 2.04. The third-order valence-electron chi connectivity index (χ3n) is 1.53. The molecule has 0 spiro atoms. The van der Waals surface area contributed by atoms with Crippen molar-refractivity contribution >= 4 is 0 Å². The van der Waals surface area contributed by atoms with Crippen LogP contribution in [0, 0.1) is 0 Å². The lowest BCUT2D eigenvalue weighted by molar-refractivity contribution is 0.400. The molecular formula is C8H8N2O2. The summed E-state index contributed by atoms with van der Waals surface area (Å²) in [5, 5.41) is 0. The molecule has 0 aromatic carbocycles. The van der Waals surface area contributed by atoms with Gasteiger partial charge in [0.05, 0.1) is 19.6 Å². The van der Waals surface area contributed by atoms with E-state index in [9.17, 15) is 0 Å². The Morgan fingerprint density at radius 1 is 1.58 bits per heavy atom. The van der Waals surface area contributed by atoms with Crippen molar-refractivity contribution in [2.75, 3.05) is 7.11 Å². The predicted octanol–water partition coefficient (Wildman–Crippen LogP) is 1.68. The van der Waals surface area contributed by atoms with Gasteiger partial charge in [-0.25, -0.2) is 4.98 Å². The number of nitrogens with one attached hydrogen (secondary N) is 1. The molecule has 2 aromatic rings. The van der Waals surface area contributed by atoms with Crippen LogP contribution in [0.3, 0.4) is 0 Å². The SMILES string of the molecule is COc1cnc(-c2ccco2)[nH]1. The Morgan fingerprint density at radius 2 is 2.50 bits per heavy atom. The summed E-state index contributed by atoms with van der Waals surface area (Å²) in [6.45, 7) is 0. The molecule has 2 aromatic heterocycles. The third kappa shape index (κ3) is 1.07. The van der Waals surface area contributed by atoms with Crippen molar-refractivity contribution in [2.24, 2.45) is 0 Å². The molecule has 0 fully saturated rings. The number of hydrogen-bond donors (Lipinski definition) is 1. The molecule has 0 atom stereocenters. The monoisotopic (exact) mass is 164 g/mol. The Hall–Kier alpha value is -1.71. The number of furan rings is 1. The summed E-state index contributed by atoms with van der Waals surface area (Å²) < 4.78 is 10.1. The van der Waals surface area contributed by atoms with E-state index in [1.807, 2.05) is 12.1 Å². The van der Waals surface area contributed by atoms with E-state index in [-0.39, 0.29) is 0 Å². The number of ether oxygens (including phenoxy) is 1. The Morgan fingerprint density at radius 3 is 3.08 bits per heavy atom. The van der Waals surface area contributed by atoms with Crippen molar-refractivity contribution in [1.29, 1.82) is 0 Å². The first-order chi connectivity index (χ1) is 5.90. The van der Waals surface area contributed by atoms with E-state index in [2.05, 4.69) is 9.97 Å². The maximum absolute atomic E-state index is 5.13. The highest BCUT2D eigenvalue weighted by Crippen LogP contribution is 2.18. The van der Waals surface area contributed by atoms with Crippen molar-refractivity contribution in [3.63, 3.8) is 0 Å². The lowest BCUT2D eigenvalue weighted by Crippen LogP contribution is -1.81. The lowest BCUT2D eigenvalue weighted by atomic mass is 10.4. The second-order valence-electron chi connectivity index (χ2n) is 2.28. The van der Waals surface area contributed by atoms with Crippen molar-refractivity contribution in [1.82, 2.24) is 9.97 Å². The zero-order valence-electron chi connectivity index (χ0n) is 6.57. The van der Waals surface area contributed by atoms with Gasteiger partial charge in [-0.1, -0.05) is 0 Å². The van der Waals surface area contributed by atoms with Gasteiger partial charge in [-0.15, -0.1) is 0 Å². The molecule has 0 saturated carbocycles. The fraction of sp³-hybridized carbons (Fsp3) is 0.125. The fourth-order valence-corrected chi connectivity index (χ4v) is 0.947. The molecule has 0 saturated heterocycles. The van der Waals surface area contributed by atoms with Crippen molar-refractivity contribution in [3.05, 3.63) is 24.6 Å². The number of nitrogens with zero attached hydrogens (tertiary/aromatic N) is 1. The van der Waals surface area contributed by atoms with E-state index in [1.165, 1.54) is 0 Å². The number of aromatic amines is 1. The zero-order valence-corrected chi connectivity index (χ0v) is 6.57. The van der Waals surface area contributed by atoms with Crippen LogP contribution in [0.5, 0.6) is 5.88 Å². The number of H-pyrrole nitrogens is 1. The minimum Gasteiger partial charge on any atom is -0.481 e. The van der Waals surface area contributed by atoms with Crippen molar-refractivity contribution < 1.29 is 9.15 Å². The maximum Gasteiger partial charge on any atom is 0.211 e. The normalized spacial score (nSPS) is 10.1. The molecular weight excluding hydrogens is 156 g/mol. The first kappa shape index (κ1) is 6.97. The van der Waals surface area contributed by atoms with Gasteiger partial charge in [0, 0.05) is 0 Å². The van der Waals surface area contributed by atoms with Gasteiger partial charge in [0.2, 0.25) is 5.88 Å². The first-order valence-corrected chi connectivity index (χ1v) is 3.53.